The molecule has 0 spiro atoms. The highest BCUT2D eigenvalue weighted by molar-refractivity contribution is 9.10. The van der Waals surface area contributed by atoms with Crippen LogP contribution in [0.3, 0.4) is 0 Å². The molecule has 1 amide bonds. The molecule has 32 heavy (non-hydrogen) atoms. The number of allylic oxidation sites excluding steroid dienone is 1. The number of carbonyl (C=O) groups excluding carboxylic acids is 2. The number of nitrogens with zero attached hydrogens (tertiary/aromatic N) is 4. The lowest BCUT2D eigenvalue weighted by molar-refractivity contribution is -0.139. The quantitative estimate of drug-likeness (QED) is 0.521. The third-order valence-electron chi connectivity index (χ3n) is 5.15. The average molecular weight is 496 g/mol. The summed E-state index contributed by atoms with van der Waals surface area (Å²) in [6.45, 7) is 3.77. The number of aromatic nitrogens is 3. The van der Waals surface area contributed by atoms with Crippen LogP contribution in [0.15, 0.2) is 76.7 Å². The first-order valence-corrected chi connectivity index (χ1v) is 10.9. The molecule has 0 aliphatic carbocycles. The Balaban J connectivity index is 1.71. The summed E-state index contributed by atoms with van der Waals surface area (Å²) >= 11 is 3.38. The fourth-order valence-electron chi connectivity index (χ4n) is 3.71. The van der Waals surface area contributed by atoms with Gasteiger partial charge in [-0.1, -0.05) is 46.3 Å². The number of hydrogen-bond donors (Lipinski definition) is 1. The molecule has 0 fully saturated rings. The van der Waals surface area contributed by atoms with Gasteiger partial charge in [0, 0.05) is 15.9 Å². The van der Waals surface area contributed by atoms with E-state index in [1.807, 2.05) is 42.5 Å². The maximum atomic E-state index is 13.0. The van der Waals surface area contributed by atoms with Crippen molar-refractivity contribution in [2.75, 3.05) is 23.4 Å². The second-order valence-electron chi connectivity index (χ2n) is 7.18. The van der Waals surface area contributed by atoms with Crippen LogP contribution in [-0.4, -0.2) is 39.8 Å². The van der Waals surface area contributed by atoms with Gasteiger partial charge in [-0.3, -0.25) is 4.79 Å². The third-order valence-corrected chi connectivity index (χ3v) is 5.68. The number of fused-ring (bicyclic) bond motifs is 1. The molecule has 8 nitrogen and oxygen atoms in total. The van der Waals surface area contributed by atoms with Gasteiger partial charge in [-0.15, -0.1) is 0 Å². The molecule has 2 aromatic carbocycles. The van der Waals surface area contributed by atoms with Gasteiger partial charge in [0.2, 0.25) is 11.9 Å². The van der Waals surface area contributed by atoms with Crippen molar-refractivity contribution in [3.8, 4) is 0 Å². The number of amides is 1. The van der Waals surface area contributed by atoms with Crippen molar-refractivity contribution in [2.45, 2.75) is 19.9 Å². The van der Waals surface area contributed by atoms with E-state index in [9.17, 15) is 9.59 Å². The molecule has 1 aromatic heterocycles. The maximum Gasteiger partial charge on any atom is 0.338 e. The molecule has 0 saturated carbocycles. The third kappa shape index (κ3) is 4.29. The minimum absolute atomic E-state index is 0.0367. The van der Waals surface area contributed by atoms with E-state index >= 15 is 0 Å². The molecule has 3 aromatic rings. The summed E-state index contributed by atoms with van der Waals surface area (Å²) in [4.78, 5) is 31.9. The van der Waals surface area contributed by atoms with Gasteiger partial charge < -0.3 is 15.0 Å². The standard InChI is InChI=1S/C23H22BrN5O3/c1-3-32-22(31)20-15(2)28(13-19(30)27-18-11-9-17(24)10-12-18)23-25-14-26-29(23)21(20)16-7-5-4-6-8-16/h4-12,14,21H,3,13H2,1-2H3,(H,27,30)/t21-/m1/s1. The number of esters is 1. The Bertz CT molecular complexity index is 1160. The van der Waals surface area contributed by atoms with Gasteiger partial charge >= 0.3 is 5.97 Å². The summed E-state index contributed by atoms with van der Waals surface area (Å²) in [5.41, 5.74) is 2.57. The van der Waals surface area contributed by atoms with Crippen molar-refractivity contribution < 1.29 is 14.3 Å². The Hall–Kier alpha value is -3.46. The summed E-state index contributed by atoms with van der Waals surface area (Å²) in [7, 11) is 0. The Labute approximate surface area is 194 Å². The van der Waals surface area contributed by atoms with E-state index < -0.39 is 12.0 Å². The van der Waals surface area contributed by atoms with Gasteiger partial charge in [-0.25, -0.2) is 9.48 Å². The first kappa shape index (κ1) is 21.8. The highest BCUT2D eigenvalue weighted by Crippen LogP contribution is 2.38. The SMILES string of the molecule is CCOC(=O)C1=C(C)N(CC(=O)Nc2ccc(Br)cc2)c2ncnn2[C@@H]1c1ccccc1. The van der Waals surface area contributed by atoms with Gasteiger partial charge in [0.05, 0.1) is 12.2 Å². The predicted molar refractivity (Wildman–Crippen MR) is 124 cm³/mol. The van der Waals surface area contributed by atoms with Crippen LogP contribution < -0.4 is 10.2 Å². The topological polar surface area (TPSA) is 89.3 Å². The molecule has 0 saturated heterocycles. The lowest BCUT2D eigenvalue weighted by Gasteiger charge is -2.35. The fourth-order valence-corrected chi connectivity index (χ4v) is 3.98. The van der Waals surface area contributed by atoms with Crippen LogP contribution in [-0.2, 0) is 14.3 Å². The van der Waals surface area contributed by atoms with Crippen molar-refractivity contribution in [3.05, 3.63) is 82.2 Å². The number of benzene rings is 2. The number of halogens is 1. The Morgan fingerprint density at radius 1 is 1.12 bits per heavy atom. The van der Waals surface area contributed by atoms with E-state index in [2.05, 4.69) is 31.3 Å². The molecule has 4 rings (SSSR count). The van der Waals surface area contributed by atoms with E-state index in [0.29, 0.717) is 22.9 Å². The summed E-state index contributed by atoms with van der Waals surface area (Å²) in [5, 5.41) is 7.25. The summed E-state index contributed by atoms with van der Waals surface area (Å²) in [6, 6.07) is 16.4. The minimum Gasteiger partial charge on any atom is -0.463 e. The molecule has 1 atom stereocenters. The normalized spacial score (nSPS) is 15.3. The summed E-state index contributed by atoms with van der Waals surface area (Å²) < 4.78 is 7.94. The van der Waals surface area contributed by atoms with Crippen LogP contribution in [0.4, 0.5) is 11.6 Å². The van der Waals surface area contributed by atoms with Crippen LogP contribution >= 0.6 is 15.9 Å². The Morgan fingerprint density at radius 2 is 1.84 bits per heavy atom. The molecular formula is C23H22BrN5O3. The maximum absolute atomic E-state index is 13.0. The Kier molecular flexibility index (Phi) is 6.36. The monoisotopic (exact) mass is 495 g/mol. The lowest BCUT2D eigenvalue weighted by atomic mass is 9.95. The Morgan fingerprint density at radius 3 is 2.53 bits per heavy atom. The van der Waals surface area contributed by atoms with Crippen molar-refractivity contribution in [1.29, 1.82) is 0 Å². The second-order valence-corrected chi connectivity index (χ2v) is 8.09. The minimum atomic E-state index is -0.501. The number of carbonyl (C=O) groups is 2. The van der Waals surface area contributed by atoms with Crippen LogP contribution in [0, 0.1) is 0 Å². The molecule has 0 bridgehead atoms. The zero-order chi connectivity index (χ0) is 22.7. The number of anilines is 2. The molecule has 2 heterocycles. The second kappa shape index (κ2) is 9.35. The van der Waals surface area contributed by atoms with Gasteiger partial charge in [0.25, 0.3) is 0 Å². The van der Waals surface area contributed by atoms with E-state index in [-0.39, 0.29) is 19.1 Å². The number of ether oxygens (including phenoxy) is 1. The first-order chi connectivity index (χ1) is 15.5. The molecule has 9 heteroatoms. The van der Waals surface area contributed by atoms with Crippen LogP contribution in [0.25, 0.3) is 0 Å². The summed E-state index contributed by atoms with van der Waals surface area (Å²) in [6.07, 6.45) is 1.42. The molecule has 1 aliphatic heterocycles. The van der Waals surface area contributed by atoms with Crippen molar-refractivity contribution in [3.63, 3.8) is 0 Å². The predicted octanol–water partition coefficient (Wildman–Crippen LogP) is 3.93. The lowest BCUT2D eigenvalue weighted by Crippen LogP contribution is -2.40. The first-order valence-electron chi connectivity index (χ1n) is 10.1. The summed E-state index contributed by atoms with van der Waals surface area (Å²) in [5.74, 6) is -0.212. The molecule has 0 unspecified atom stereocenters. The van der Waals surface area contributed by atoms with Crippen molar-refractivity contribution in [2.24, 2.45) is 0 Å². The average Bonchev–Trinajstić information content (AvgIpc) is 3.27. The van der Waals surface area contributed by atoms with Gasteiger partial charge in [0.1, 0.15) is 18.9 Å². The zero-order valence-corrected chi connectivity index (χ0v) is 19.2. The van der Waals surface area contributed by atoms with Crippen molar-refractivity contribution in [1.82, 2.24) is 14.8 Å². The zero-order valence-electron chi connectivity index (χ0n) is 17.7. The largest absolute Gasteiger partial charge is 0.463 e. The van der Waals surface area contributed by atoms with Crippen LogP contribution in [0.2, 0.25) is 0 Å². The number of hydrogen-bond acceptors (Lipinski definition) is 6. The molecule has 1 aliphatic rings. The van der Waals surface area contributed by atoms with Crippen LogP contribution in [0.1, 0.15) is 25.5 Å². The number of rotatable bonds is 6. The fraction of sp³-hybridized carbons (Fsp3) is 0.217. The van der Waals surface area contributed by atoms with Gasteiger partial charge in [-0.2, -0.15) is 10.1 Å². The van der Waals surface area contributed by atoms with Crippen LogP contribution in [0.5, 0.6) is 0 Å². The van der Waals surface area contributed by atoms with Gasteiger partial charge in [-0.05, 0) is 43.7 Å². The molecular weight excluding hydrogens is 474 g/mol. The molecule has 1 N–H and O–H groups in total. The highest BCUT2D eigenvalue weighted by Gasteiger charge is 2.38. The number of nitrogens with one attached hydrogen (secondary N) is 1. The smallest absolute Gasteiger partial charge is 0.338 e. The molecule has 164 valence electrons. The molecule has 0 radical (unpaired) electrons. The highest BCUT2D eigenvalue weighted by atomic mass is 79.9. The van der Waals surface area contributed by atoms with E-state index in [4.69, 9.17) is 4.74 Å². The van der Waals surface area contributed by atoms with E-state index in [1.165, 1.54) is 6.33 Å². The van der Waals surface area contributed by atoms with E-state index in [1.54, 1.807) is 35.6 Å². The van der Waals surface area contributed by atoms with Gasteiger partial charge in [0.15, 0.2) is 0 Å². The van der Waals surface area contributed by atoms with E-state index in [0.717, 1.165) is 10.0 Å². The van der Waals surface area contributed by atoms with Crippen molar-refractivity contribution >= 4 is 39.4 Å².